The molecule has 1 unspecified atom stereocenters. The smallest absolute Gasteiger partial charge is 0.0497 e. The number of rotatable bonds is 4. The van der Waals surface area contributed by atoms with Gasteiger partial charge in [0.05, 0.1) is 0 Å². The molecule has 0 aromatic heterocycles. The van der Waals surface area contributed by atoms with Crippen molar-refractivity contribution >= 4 is 21.6 Å². The average Bonchev–Trinajstić information content (AvgIpc) is 2.41. The number of para-hydroxylation sites is 1. The summed E-state index contributed by atoms with van der Waals surface area (Å²) in [5.74, 6) is 0. The molecular formula is C17H20BrN. The quantitative estimate of drug-likeness (QED) is 0.785. The lowest BCUT2D eigenvalue weighted by Crippen LogP contribution is -2.10. The van der Waals surface area contributed by atoms with Gasteiger partial charge >= 0.3 is 0 Å². The van der Waals surface area contributed by atoms with E-state index in [-0.39, 0.29) is 6.04 Å². The largest absolute Gasteiger partial charge is 0.378 e. The number of anilines is 1. The molecule has 0 saturated carbocycles. The second-order valence-corrected chi connectivity index (χ2v) is 5.70. The summed E-state index contributed by atoms with van der Waals surface area (Å²) < 4.78 is 1.15. The second kappa shape index (κ2) is 6.25. The minimum absolute atomic E-state index is 0.280. The van der Waals surface area contributed by atoms with Crippen LogP contribution < -0.4 is 5.32 Å². The van der Waals surface area contributed by atoms with Gasteiger partial charge in [-0.15, -0.1) is 0 Å². The van der Waals surface area contributed by atoms with Crippen LogP contribution in [0.25, 0.3) is 0 Å². The Labute approximate surface area is 124 Å². The van der Waals surface area contributed by atoms with Crippen LogP contribution in [0.2, 0.25) is 0 Å². The van der Waals surface area contributed by atoms with Crippen molar-refractivity contribution < 1.29 is 0 Å². The topological polar surface area (TPSA) is 12.0 Å². The van der Waals surface area contributed by atoms with E-state index >= 15 is 0 Å². The fourth-order valence-electron chi connectivity index (χ4n) is 2.35. The molecule has 0 aliphatic heterocycles. The Morgan fingerprint density at radius 3 is 2.53 bits per heavy atom. The lowest BCUT2D eigenvalue weighted by molar-refractivity contribution is 0.871. The summed E-state index contributed by atoms with van der Waals surface area (Å²) in [5, 5.41) is 3.66. The molecule has 1 nitrogen and oxygen atoms in total. The van der Waals surface area contributed by atoms with Gasteiger partial charge in [-0.3, -0.25) is 0 Å². The zero-order valence-electron chi connectivity index (χ0n) is 11.7. The van der Waals surface area contributed by atoms with Crippen LogP contribution in [-0.4, -0.2) is 0 Å². The number of nitrogens with one attached hydrogen (secondary N) is 1. The minimum atomic E-state index is 0.280. The van der Waals surface area contributed by atoms with Crippen LogP contribution in [0.3, 0.4) is 0 Å². The van der Waals surface area contributed by atoms with Crippen LogP contribution in [0.4, 0.5) is 5.69 Å². The first-order chi connectivity index (χ1) is 9.13. The molecule has 1 atom stereocenters. The van der Waals surface area contributed by atoms with Gasteiger partial charge in [-0.1, -0.05) is 59.3 Å². The molecule has 19 heavy (non-hydrogen) atoms. The first kappa shape index (κ1) is 14.1. The van der Waals surface area contributed by atoms with Crippen LogP contribution in [0.15, 0.2) is 46.9 Å². The van der Waals surface area contributed by atoms with Crippen molar-refractivity contribution in [2.24, 2.45) is 0 Å². The van der Waals surface area contributed by atoms with E-state index in [0.717, 1.165) is 10.9 Å². The maximum Gasteiger partial charge on any atom is 0.0497 e. The molecule has 0 spiro atoms. The number of hydrogen-bond donors (Lipinski definition) is 1. The molecule has 0 fully saturated rings. The molecule has 100 valence electrons. The number of hydrogen-bond acceptors (Lipinski definition) is 1. The van der Waals surface area contributed by atoms with Crippen LogP contribution in [0.1, 0.15) is 36.6 Å². The van der Waals surface area contributed by atoms with Crippen LogP contribution in [0, 0.1) is 6.92 Å². The molecular weight excluding hydrogens is 298 g/mol. The van der Waals surface area contributed by atoms with Gasteiger partial charge in [0.25, 0.3) is 0 Å². The SMILES string of the molecule is CCc1cccc(C)c1NC(C)c1ccccc1Br. The van der Waals surface area contributed by atoms with E-state index in [1.807, 2.05) is 6.07 Å². The zero-order valence-corrected chi connectivity index (χ0v) is 13.3. The van der Waals surface area contributed by atoms with Crippen molar-refractivity contribution in [2.45, 2.75) is 33.2 Å². The summed E-state index contributed by atoms with van der Waals surface area (Å²) in [6.45, 7) is 6.56. The highest BCUT2D eigenvalue weighted by Gasteiger charge is 2.11. The van der Waals surface area contributed by atoms with Gasteiger partial charge in [-0.25, -0.2) is 0 Å². The van der Waals surface area contributed by atoms with E-state index in [0.29, 0.717) is 0 Å². The molecule has 0 amide bonds. The summed E-state index contributed by atoms with van der Waals surface area (Å²) >= 11 is 3.62. The first-order valence-corrected chi connectivity index (χ1v) is 7.52. The maximum atomic E-state index is 3.66. The summed E-state index contributed by atoms with van der Waals surface area (Å²) in [7, 11) is 0. The van der Waals surface area contributed by atoms with Gasteiger partial charge in [0.2, 0.25) is 0 Å². The summed E-state index contributed by atoms with van der Waals surface area (Å²) in [4.78, 5) is 0. The van der Waals surface area contributed by atoms with Crippen LogP contribution >= 0.6 is 15.9 Å². The van der Waals surface area contributed by atoms with Gasteiger partial charge in [-0.05, 0) is 43.0 Å². The van der Waals surface area contributed by atoms with Gasteiger partial charge in [0, 0.05) is 16.2 Å². The van der Waals surface area contributed by atoms with Crippen molar-refractivity contribution in [1.82, 2.24) is 0 Å². The van der Waals surface area contributed by atoms with E-state index in [2.05, 4.69) is 78.4 Å². The highest BCUT2D eigenvalue weighted by Crippen LogP contribution is 2.29. The van der Waals surface area contributed by atoms with E-state index in [1.54, 1.807) is 0 Å². The predicted molar refractivity (Wildman–Crippen MR) is 86.7 cm³/mol. The molecule has 0 aliphatic rings. The Kier molecular flexibility index (Phi) is 4.65. The monoisotopic (exact) mass is 317 g/mol. The van der Waals surface area contributed by atoms with Gasteiger partial charge in [0.15, 0.2) is 0 Å². The van der Waals surface area contributed by atoms with Gasteiger partial charge in [0.1, 0.15) is 0 Å². The average molecular weight is 318 g/mol. The molecule has 2 aromatic rings. The lowest BCUT2D eigenvalue weighted by Gasteiger charge is -2.21. The third kappa shape index (κ3) is 3.19. The van der Waals surface area contributed by atoms with E-state index < -0.39 is 0 Å². The Morgan fingerprint density at radius 1 is 1.11 bits per heavy atom. The Hall–Kier alpha value is -1.28. The van der Waals surface area contributed by atoms with E-state index in [9.17, 15) is 0 Å². The Bertz CT molecular complexity index is 563. The highest BCUT2D eigenvalue weighted by atomic mass is 79.9. The molecule has 0 radical (unpaired) electrons. The van der Waals surface area contributed by atoms with Crippen molar-refractivity contribution in [3.63, 3.8) is 0 Å². The Morgan fingerprint density at radius 2 is 1.84 bits per heavy atom. The van der Waals surface area contributed by atoms with Crippen molar-refractivity contribution in [1.29, 1.82) is 0 Å². The molecule has 0 aliphatic carbocycles. The molecule has 0 saturated heterocycles. The van der Waals surface area contributed by atoms with Crippen molar-refractivity contribution in [3.8, 4) is 0 Å². The summed E-state index contributed by atoms with van der Waals surface area (Å²) in [6.07, 6.45) is 1.05. The van der Waals surface area contributed by atoms with Crippen LogP contribution in [0.5, 0.6) is 0 Å². The van der Waals surface area contributed by atoms with Crippen LogP contribution in [-0.2, 0) is 6.42 Å². The van der Waals surface area contributed by atoms with E-state index in [1.165, 1.54) is 22.4 Å². The van der Waals surface area contributed by atoms with Crippen molar-refractivity contribution in [2.75, 3.05) is 5.32 Å². The first-order valence-electron chi connectivity index (χ1n) is 6.73. The minimum Gasteiger partial charge on any atom is -0.378 e. The molecule has 1 N–H and O–H groups in total. The highest BCUT2D eigenvalue weighted by molar-refractivity contribution is 9.10. The van der Waals surface area contributed by atoms with Crippen molar-refractivity contribution in [3.05, 3.63) is 63.6 Å². The van der Waals surface area contributed by atoms with Gasteiger partial charge in [-0.2, -0.15) is 0 Å². The number of halogens is 1. The Balaban J connectivity index is 2.29. The fourth-order valence-corrected chi connectivity index (χ4v) is 2.98. The zero-order chi connectivity index (χ0) is 13.8. The molecule has 0 bridgehead atoms. The summed E-state index contributed by atoms with van der Waals surface area (Å²) in [5.41, 5.74) is 5.23. The predicted octanol–water partition coefficient (Wildman–Crippen LogP) is 5.49. The lowest BCUT2D eigenvalue weighted by atomic mass is 10.0. The normalized spacial score (nSPS) is 12.2. The third-order valence-corrected chi connectivity index (χ3v) is 4.19. The molecule has 2 rings (SSSR count). The van der Waals surface area contributed by atoms with Gasteiger partial charge < -0.3 is 5.32 Å². The third-order valence-electron chi connectivity index (χ3n) is 3.47. The van der Waals surface area contributed by atoms with E-state index in [4.69, 9.17) is 0 Å². The standard InChI is InChI=1S/C17H20BrN/c1-4-14-9-7-8-12(2)17(14)19-13(3)15-10-5-6-11-16(15)18/h5-11,13,19H,4H2,1-3H3. The molecule has 2 heteroatoms. The summed E-state index contributed by atoms with van der Waals surface area (Å²) in [6, 6.07) is 15.1. The molecule has 0 heterocycles. The second-order valence-electron chi connectivity index (χ2n) is 4.85. The maximum absolute atomic E-state index is 3.66. The molecule has 2 aromatic carbocycles. The number of benzene rings is 2. The fraction of sp³-hybridized carbons (Fsp3) is 0.294. The number of aryl methyl sites for hydroxylation is 2.